The Labute approximate surface area is 116 Å². The zero-order chi connectivity index (χ0) is 13.1. The minimum absolute atomic E-state index is 0.281. The van der Waals surface area contributed by atoms with E-state index in [4.69, 9.17) is 0 Å². The summed E-state index contributed by atoms with van der Waals surface area (Å²) in [6.45, 7) is 5.81. The standard InChI is InChI=1S/C11H11Br2N3O/c1-11(2,3)16-15-9-5-7(12)4-8(13)10(9)14-6-17/h4-5H,1-3H3. The van der Waals surface area contributed by atoms with E-state index >= 15 is 0 Å². The van der Waals surface area contributed by atoms with Crippen molar-refractivity contribution in [2.45, 2.75) is 26.3 Å². The van der Waals surface area contributed by atoms with Gasteiger partial charge in [-0.05, 0) is 48.8 Å². The molecule has 0 saturated heterocycles. The molecule has 0 spiro atoms. The molecule has 0 radical (unpaired) electrons. The van der Waals surface area contributed by atoms with E-state index < -0.39 is 0 Å². The summed E-state index contributed by atoms with van der Waals surface area (Å²) in [6, 6.07) is 3.53. The first kappa shape index (κ1) is 14.2. The van der Waals surface area contributed by atoms with Crippen LogP contribution in [0, 0.1) is 0 Å². The van der Waals surface area contributed by atoms with Crippen LogP contribution in [0.25, 0.3) is 0 Å². The molecule has 0 aliphatic carbocycles. The molecule has 0 aliphatic rings. The van der Waals surface area contributed by atoms with Gasteiger partial charge in [0.1, 0.15) is 11.4 Å². The van der Waals surface area contributed by atoms with Crippen LogP contribution < -0.4 is 0 Å². The molecule has 0 fully saturated rings. The summed E-state index contributed by atoms with van der Waals surface area (Å²) in [5.74, 6) is 0. The van der Waals surface area contributed by atoms with Crippen molar-refractivity contribution >= 4 is 49.3 Å². The Kier molecular flexibility index (Phi) is 4.74. The topological polar surface area (TPSA) is 54.1 Å². The maximum absolute atomic E-state index is 10.4. The molecule has 0 amide bonds. The van der Waals surface area contributed by atoms with Crippen LogP contribution >= 0.6 is 31.9 Å². The number of rotatable bonds is 2. The maximum atomic E-state index is 10.4. The van der Waals surface area contributed by atoms with E-state index in [9.17, 15) is 4.79 Å². The molecule has 1 rings (SSSR count). The van der Waals surface area contributed by atoms with Crippen LogP contribution in [-0.2, 0) is 4.79 Å². The van der Waals surface area contributed by atoms with Crippen LogP contribution in [-0.4, -0.2) is 11.6 Å². The Bertz CT molecular complexity index is 500. The fourth-order valence-electron chi connectivity index (χ4n) is 0.989. The molecule has 1 aromatic carbocycles. The molecule has 90 valence electrons. The Morgan fingerprint density at radius 2 is 1.88 bits per heavy atom. The highest BCUT2D eigenvalue weighted by Gasteiger charge is 2.11. The number of isocyanates is 1. The van der Waals surface area contributed by atoms with Gasteiger partial charge in [-0.25, -0.2) is 4.79 Å². The molecular weight excluding hydrogens is 350 g/mol. The molecule has 0 unspecified atom stereocenters. The van der Waals surface area contributed by atoms with Gasteiger partial charge in [0, 0.05) is 8.95 Å². The minimum atomic E-state index is -0.281. The largest absolute Gasteiger partial charge is 0.240 e. The predicted molar refractivity (Wildman–Crippen MR) is 73.9 cm³/mol. The van der Waals surface area contributed by atoms with Gasteiger partial charge in [0.15, 0.2) is 0 Å². The second-order valence-electron chi connectivity index (χ2n) is 4.33. The highest BCUT2D eigenvalue weighted by Crippen LogP contribution is 2.38. The van der Waals surface area contributed by atoms with Gasteiger partial charge in [-0.2, -0.15) is 15.2 Å². The number of aliphatic imine (C=N–C) groups is 1. The highest BCUT2D eigenvalue weighted by atomic mass is 79.9. The molecule has 0 aromatic heterocycles. The lowest BCUT2D eigenvalue weighted by molar-refractivity contribution is 0.552. The number of hydrogen-bond donors (Lipinski definition) is 0. The first-order valence-corrected chi connectivity index (χ1v) is 6.42. The predicted octanol–water partition coefficient (Wildman–Crippen LogP) is 5.06. The van der Waals surface area contributed by atoms with Crippen molar-refractivity contribution in [1.82, 2.24) is 0 Å². The fourth-order valence-corrected chi connectivity index (χ4v) is 2.28. The Morgan fingerprint density at radius 1 is 1.24 bits per heavy atom. The van der Waals surface area contributed by atoms with E-state index in [1.54, 1.807) is 12.1 Å². The molecule has 0 heterocycles. The van der Waals surface area contributed by atoms with Gasteiger partial charge in [0.2, 0.25) is 6.08 Å². The van der Waals surface area contributed by atoms with Crippen molar-refractivity contribution in [3.8, 4) is 0 Å². The number of nitrogens with zero attached hydrogens (tertiary/aromatic N) is 3. The third kappa shape index (κ3) is 4.50. The van der Waals surface area contributed by atoms with E-state index in [1.165, 1.54) is 6.08 Å². The molecule has 4 nitrogen and oxygen atoms in total. The van der Waals surface area contributed by atoms with Crippen molar-refractivity contribution in [3.05, 3.63) is 21.1 Å². The third-order valence-corrected chi connectivity index (χ3v) is 2.69. The normalized spacial score (nSPS) is 11.6. The zero-order valence-corrected chi connectivity index (χ0v) is 12.8. The fraction of sp³-hybridized carbons (Fsp3) is 0.364. The average Bonchev–Trinajstić information content (AvgIpc) is 2.18. The lowest BCUT2D eigenvalue weighted by Gasteiger charge is -2.09. The summed E-state index contributed by atoms with van der Waals surface area (Å²) in [5, 5.41) is 8.26. The highest BCUT2D eigenvalue weighted by molar-refractivity contribution is 9.11. The number of halogens is 2. The van der Waals surface area contributed by atoms with Gasteiger partial charge >= 0.3 is 0 Å². The quantitative estimate of drug-likeness (QED) is 0.413. The Hall–Kier alpha value is -0.840. The average molecular weight is 361 g/mol. The molecule has 0 saturated carbocycles. The van der Waals surface area contributed by atoms with E-state index in [0.29, 0.717) is 15.8 Å². The van der Waals surface area contributed by atoms with Crippen LogP contribution in [0.15, 0.2) is 36.3 Å². The van der Waals surface area contributed by atoms with Gasteiger partial charge in [-0.1, -0.05) is 15.9 Å². The van der Waals surface area contributed by atoms with Crippen LogP contribution in [0.2, 0.25) is 0 Å². The molecule has 0 N–H and O–H groups in total. The summed E-state index contributed by atoms with van der Waals surface area (Å²) >= 11 is 6.66. The lowest BCUT2D eigenvalue weighted by Crippen LogP contribution is -2.07. The molecular formula is C11H11Br2N3O. The number of azo groups is 1. The first-order chi connectivity index (χ1) is 7.83. The van der Waals surface area contributed by atoms with E-state index in [2.05, 4.69) is 47.1 Å². The van der Waals surface area contributed by atoms with E-state index in [0.717, 1.165) is 4.47 Å². The Morgan fingerprint density at radius 3 is 2.41 bits per heavy atom. The SMILES string of the molecule is CC(C)(C)N=Nc1cc(Br)cc(Br)c1N=C=O. The van der Waals surface area contributed by atoms with Crippen molar-refractivity contribution in [2.24, 2.45) is 15.2 Å². The number of carbonyl (C=O) groups excluding carboxylic acids is 1. The van der Waals surface area contributed by atoms with E-state index in [-0.39, 0.29) is 5.54 Å². The van der Waals surface area contributed by atoms with Crippen molar-refractivity contribution in [2.75, 3.05) is 0 Å². The maximum Gasteiger partial charge on any atom is 0.240 e. The van der Waals surface area contributed by atoms with Crippen LogP contribution in [0.1, 0.15) is 20.8 Å². The molecule has 17 heavy (non-hydrogen) atoms. The minimum Gasteiger partial charge on any atom is -0.211 e. The van der Waals surface area contributed by atoms with Crippen molar-refractivity contribution in [3.63, 3.8) is 0 Å². The van der Waals surface area contributed by atoms with Gasteiger partial charge in [0.25, 0.3) is 0 Å². The monoisotopic (exact) mass is 359 g/mol. The third-order valence-electron chi connectivity index (χ3n) is 1.62. The summed E-state index contributed by atoms with van der Waals surface area (Å²) in [4.78, 5) is 14.0. The van der Waals surface area contributed by atoms with Crippen LogP contribution in [0.5, 0.6) is 0 Å². The van der Waals surface area contributed by atoms with Crippen molar-refractivity contribution < 1.29 is 4.79 Å². The molecule has 6 heteroatoms. The van der Waals surface area contributed by atoms with E-state index in [1.807, 2.05) is 20.8 Å². The van der Waals surface area contributed by atoms with Crippen molar-refractivity contribution in [1.29, 1.82) is 0 Å². The van der Waals surface area contributed by atoms with Gasteiger partial charge in [0.05, 0.1) is 5.54 Å². The molecule has 0 atom stereocenters. The summed E-state index contributed by atoms with van der Waals surface area (Å²) in [6.07, 6.45) is 1.51. The molecule has 0 bridgehead atoms. The summed E-state index contributed by atoms with van der Waals surface area (Å²) in [7, 11) is 0. The summed E-state index contributed by atoms with van der Waals surface area (Å²) < 4.78 is 1.50. The van der Waals surface area contributed by atoms with Gasteiger partial charge in [-0.3, -0.25) is 0 Å². The first-order valence-electron chi connectivity index (χ1n) is 4.83. The smallest absolute Gasteiger partial charge is 0.211 e. The number of hydrogen-bond acceptors (Lipinski definition) is 4. The van der Waals surface area contributed by atoms with Gasteiger partial charge in [-0.15, -0.1) is 0 Å². The Balaban J connectivity index is 3.31. The second-order valence-corrected chi connectivity index (χ2v) is 6.10. The molecule has 1 aromatic rings. The lowest BCUT2D eigenvalue weighted by atomic mass is 10.1. The van der Waals surface area contributed by atoms with Crippen LogP contribution in [0.4, 0.5) is 11.4 Å². The zero-order valence-electron chi connectivity index (χ0n) is 9.66. The second kappa shape index (κ2) is 5.67. The van der Waals surface area contributed by atoms with Gasteiger partial charge < -0.3 is 0 Å². The molecule has 0 aliphatic heterocycles. The van der Waals surface area contributed by atoms with Crippen LogP contribution in [0.3, 0.4) is 0 Å². The number of benzene rings is 1. The summed E-state index contributed by atoms with van der Waals surface area (Å²) in [5.41, 5.74) is 0.664.